The molecular formula is C24H19Br2ClN4OS. The van der Waals surface area contributed by atoms with Crippen molar-refractivity contribution in [2.75, 3.05) is 11.1 Å². The van der Waals surface area contributed by atoms with Crippen LogP contribution in [0.2, 0.25) is 5.02 Å². The number of hydrogen-bond donors (Lipinski definition) is 1. The number of carbonyl (C=O) groups is 1. The Hall–Kier alpha value is -2.13. The Kier molecular flexibility index (Phi) is 7.58. The second-order valence-electron chi connectivity index (χ2n) is 7.43. The van der Waals surface area contributed by atoms with Crippen molar-refractivity contribution in [3.8, 4) is 17.1 Å². The molecule has 0 atom stereocenters. The third kappa shape index (κ3) is 5.69. The number of aromatic nitrogens is 3. The smallest absolute Gasteiger partial charge is 0.234 e. The molecule has 168 valence electrons. The predicted octanol–water partition coefficient (Wildman–Crippen LogP) is 7.46. The molecule has 9 heteroatoms. The maximum atomic E-state index is 12.7. The van der Waals surface area contributed by atoms with E-state index in [0.29, 0.717) is 21.7 Å². The molecule has 0 aliphatic carbocycles. The minimum absolute atomic E-state index is 0.145. The standard InChI is InChI=1S/C24H19Br2ClN4OS/c1-14-4-3-5-16(10-14)23-29-30-24(31(23)18-8-6-17(27)7-9-18)33-13-21(32)28-22-19(25)11-15(2)12-20(22)26/h3-12H,13H2,1-2H3,(H,28,32). The van der Waals surface area contributed by atoms with E-state index in [0.717, 1.165) is 31.3 Å². The first kappa shape index (κ1) is 24.0. The highest BCUT2D eigenvalue weighted by atomic mass is 79.9. The Morgan fingerprint density at radius 1 is 1.00 bits per heavy atom. The Labute approximate surface area is 218 Å². The van der Waals surface area contributed by atoms with Gasteiger partial charge in [-0.1, -0.05) is 47.1 Å². The lowest BCUT2D eigenvalue weighted by atomic mass is 10.1. The first-order chi connectivity index (χ1) is 15.8. The molecule has 0 saturated carbocycles. The third-order valence-corrected chi connectivity index (χ3v) is 7.21. The normalized spacial score (nSPS) is 10.9. The summed E-state index contributed by atoms with van der Waals surface area (Å²) >= 11 is 14.5. The number of anilines is 1. The lowest BCUT2D eigenvalue weighted by Crippen LogP contribution is -2.15. The van der Waals surface area contributed by atoms with Gasteiger partial charge in [0, 0.05) is 25.2 Å². The van der Waals surface area contributed by atoms with Crippen molar-refractivity contribution in [1.82, 2.24) is 14.8 Å². The highest BCUT2D eigenvalue weighted by molar-refractivity contribution is 9.11. The number of nitrogens with zero attached hydrogens (tertiary/aromatic N) is 3. The zero-order valence-electron chi connectivity index (χ0n) is 17.8. The number of amides is 1. The van der Waals surface area contributed by atoms with E-state index in [2.05, 4.69) is 53.4 Å². The van der Waals surface area contributed by atoms with Crippen LogP contribution in [0.1, 0.15) is 11.1 Å². The van der Waals surface area contributed by atoms with Gasteiger partial charge in [0.15, 0.2) is 11.0 Å². The highest BCUT2D eigenvalue weighted by Gasteiger charge is 2.18. The predicted molar refractivity (Wildman–Crippen MR) is 142 cm³/mol. The highest BCUT2D eigenvalue weighted by Crippen LogP contribution is 2.33. The van der Waals surface area contributed by atoms with Gasteiger partial charge in [0.2, 0.25) is 5.91 Å². The summed E-state index contributed by atoms with van der Waals surface area (Å²) in [5, 5.41) is 13.1. The molecule has 0 bridgehead atoms. The third-order valence-electron chi connectivity index (χ3n) is 4.78. The number of carbonyl (C=O) groups excluding carboxylic acids is 1. The minimum atomic E-state index is -0.145. The van der Waals surface area contributed by atoms with Gasteiger partial charge in [-0.2, -0.15) is 0 Å². The molecular weight excluding hydrogens is 588 g/mol. The van der Waals surface area contributed by atoms with Crippen molar-refractivity contribution in [2.45, 2.75) is 19.0 Å². The summed E-state index contributed by atoms with van der Waals surface area (Å²) in [4.78, 5) is 12.7. The number of aryl methyl sites for hydroxylation is 2. The van der Waals surface area contributed by atoms with Crippen molar-refractivity contribution < 1.29 is 4.79 Å². The lowest BCUT2D eigenvalue weighted by molar-refractivity contribution is -0.113. The molecule has 4 rings (SSSR count). The fourth-order valence-electron chi connectivity index (χ4n) is 3.28. The van der Waals surface area contributed by atoms with Crippen LogP contribution in [-0.4, -0.2) is 26.4 Å². The summed E-state index contributed by atoms with van der Waals surface area (Å²) in [5.74, 6) is 0.729. The average Bonchev–Trinajstić information content (AvgIpc) is 3.19. The molecule has 0 aliphatic rings. The van der Waals surface area contributed by atoms with E-state index >= 15 is 0 Å². The number of halogens is 3. The number of benzene rings is 3. The lowest BCUT2D eigenvalue weighted by Gasteiger charge is -2.12. The molecule has 1 amide bonds. The molecule has 1 heterocycles. The Morgan fingerprint density at radius 3 is 2.36 bits per heavy atom. The monoisotopic (exact) mass is 604 g/mol. The van der Waals surface area contributed by atoms with E-state index in [1.165, 1.54) is 11.8 Å². The van der Waals surface area contributed by atoms with Gasteiger partial charge in [-0.3, -0.25) is 9.36 Å². The summed E-state index contributed by atoms with van der Waals surface area (Å²) in [6.07, 6.45) is 0. The van der Waals surface area contributed by atoms with E-state index in [1.807, 2.05) is 73.0 Å². The maximum Gasteiger partial charge on any atom is 0.234 e. The molecule has 0 aliphatic heterocycles. The molecule has 0 fully saturated rings. The van der Waals surface area contributed by atoms with Gasteiger partial charge in [0.25, 0.3) is 0 Å². The fourth-order valence-corrected chi connectivity index (χ4v) is 5.77. The second kappa shape index (κ2) is 10.4. The first-order valence-electron chi connectivity index (χ1n) is 9.98. The first-order valence-corrected chi connectivity index (χ1v) is 12.9. The minimum Gasteiger partial charge on any atom is -0.323 e. The zero-order valence-corrected chi connectivity index (χ0v) is 22.5. The number of rotatable bonds is 6. The van der Waals surface area contributed by atoms with E-state index in [-0.39, 0.29) is 11.7 Å². The van der Waals surface area contributed by atoms with Crippen molar-refractivity contribution >= 4 is 66.8 Å². The van der Waals surface area contributed by atoms with Crippen LogP contribution in [-0.2, 0) is 4.79 Å². The molecule has 1 N–H and O–H groups in total. The van der Waals surface area contributed by atoms with Gasteiger partial charge in [-0.25, -0.2) is 0 Å². The van der Waals surface area contributed by atoms with Crippen LogP contribution in [0.4, 0.5) is 5.69 Å². The van der Waals surface area contributed by atoms with Crippen LogP contribution in [0.3, 0.4) is 0 Å². The molecule has 33 heavy (non-hydrogen) atoms. The number of thioether (sulfide) groups is 1. The molecule has 3 aromatic carbocycles. The molecule has 0 saturated heterocycles. The van der Waals surface area contributed by atoms with Crippen molar-refractivity contribution in [1.29, 1.82) is 0 Å². The van der Waals surface area contributed by atoms with Crippen LogP contribution in [0.25, 0.3) is 17.1 Å². The van der Waals surface area contributed by atoms with E-state index < -0.39 is 0 Å². The van der Waals surface area contributed by atoms with Crippen LogP contribution < -0.4 is 5.32 Å². The van der Waals surface area contributed by atoms with Gasteiger partial charge >= 0.3 is 0 Å². The largest absolute Gasteiger partial charge is 0.323 e. The van der Waals surface area contributed by atoms with Gasteiger partial charge in [0.1, 0.15) is 0 Å². The molecule has 0 radical (unpaired) electrons. The Bertz CT molecular complexity index is 1300. The van der Waals surface area contributed by atoms with E-state index in [1.54, 1.807) is 0 Å². The topological polar surface area (TPSA) is 59.8 Å². The molecule has 0 unspecified atom stereocenters. The van der Waals surface area contributed by atoms with E-state index in [9.17, 15) is 4.79 Å². The SMILES string of the molecule is Cc1cccc(-c2nnc(SCC(=O)Nc3c(Br)cc(C)cc3Br)n2-c2ccc(Cl)cc2)c1. The quantitative estimate of drug-likeness (QED) is 0.232. The van der Waals surface area contributed by atoms with E-state index in [4.69, 9.17) is 11.6 Å². The van der Waals surface area contributed by atoms with Crippen molar-refractivity contribution in [3.05, 3.63) is 85.8 Å². The van der Waals surface area contributed by atoms with Crippen LogP contribution in [0.5, 0.6) is 0 Å². The van der Waals surface area contributed by atoms with Crippen LogP contribution in [0, 0.1) is 13.8 Å². The van der Waals surface area contributed by atoms with Crippen LogP contribution >= 0.6 is 55.2 Å². The van der Waals surface area contributed by atoms with Gasteiger partial charge in [-0.05, 0) is 93.7 Å². The Balaban J connectivity index is 1.61. The van der Waals surface area contributed by atoms with Crippen molar-refractivity contribution in [3.63, 3.8) is 0 Å². The van der Waals surface area contributed by atoms with Gasteiger partial charge in [-0.15, -0.1) is 10.2 Å². The Morgan fingerprint density at radius 2 is 1.70 bits per heavy atom. The summed E-state index contributed by atoms with van der Waals surface area (Å²) in [7, 11) is 0. The van der Waals surface area contributed by atoms with Crippen molar-refractivity contribution in [2.24, 2.45) is 0 Å². The molecule has 4 aromatic rings. The van der Waals surface area contributed by atoms with Gasteiger partial charge < -0.3 is 5.32 Å². The average molecular weight is 607 g/mol. The zero-order chi connectivity index (χ0) is 23.5. The van der Waals surface area contributed by atoms with Crippen LogP contribution in [0.15, 0.2) is 74.8 Å². The summed E-state index contributed by atoms with van der Waals surface area (Å²) < 4.78 is 3.58. The summed E-state index contributed by atoms with van der Waals surface area (Å²) in [6, 6.07) is 19.5. The molecule has 1 aromatic heterocycles. The second-order valence-corrected chi connectivity index (χ2v) is 10.5. The summed E-state index contributed by atoms with van der Waals surface area (Å²) in [6.45, 7) is 4.03. The maximum absolute atomic E-state index is 12.7. The summed E-state index contributed by atoms with van der Waals surface area (Å²) in [5.41, 5.74) is 4.72. The number of hydrogen-bond acceptors (Lipinski definition) is 4. The molecule has 0 spiro atoms. The van der Waals surface area contributed by atoms with Gasteiger partial charge in [0.05, 0.1) is 11.4 Å². The fraction of sp³-hybridized carbons (Fsp3) is 0.125. The molecule has 5 nitrogen and oxygen atoms in total. The number of nitrogens with one attached hydrogen (secondary N) is 1.